The van der Waals surface area contributed by atoms with E-state index in [0.717, 1.165) is 21.3 Å². The molecule has 10 heavy (non-hydrogen) atoms. The highest BCUT2D eigenvalue weighted by atomic mass is 35.5. The second-order valence-electron chi connectivity index (χ2n) is 2.09. The first kappa shape index (κ1) is 8.12. The van der Waals surface area contributed by atoms with E-state index in [4.69, 9.17) is 23.2 Å². The number of hydrogen-bond acceptors (Lipinski definition) is 0. The van der Waals surface area contributed by atoms with Gasteiger partial charge in [0.25, 0.3) is 0 Å². The number of halogens is 2. The van der Waals surface area contributed by atoms with E-state index in [0.29, 0.717) is 5.02 Å². The Hall–Kier alpha value is 0.0169. The molecule has 1 rings (SSSR count). The van der Waals surface area contributed by atoms with E-state index in [-0.39, 0.29) is 0 Å². The van der Waals surface area contributed by atoms with Gasteiger partial charge in [-0.2, -0.15) is 0 Å². The van der Waals surface area contributed by atoms with Gasteiger partial charge in [0, 0.05) is 20.3 Å². The summed E-state index contributed by atoms with van der Waals surface area (Å²) in [7, 11) is 1.15. The van der Waals surface area contributed by atoms with E-state index in [9.17, 15) is 0 Å². The Kier molecular flexibility index (Phi) is 2.78. The molecule has 0 unspecified atom stereocenters. The average Bonchev–Trinajstić information content (AvgIpc) is 1.88. The predicted octanol–water partition coefficient (Wildman–Crippen LogP) is 1.86. The summed E-state index contributed by atoms with van der Waals surface area (Å²) in [6.45, 7) is 0. The van der Waals surface area contributed by atoms with Crippen LogP contribution >= 0.6 is 23.2 Å². The molecule has 0 spiro atoms. The van der Waals surface area contributed by atoms with Crippen molar-refractivity contribution in [3.63, 3.8) is 0 Å². The minimum atomic E-state index is 0.712. The molecular weight excluding hydrogens is 183 g/mol. The summed E-state index contributed by atoms with van der Waals surface area (Å²) < 4.78 is 0. The van der Waals surface area contributed by atoms with E-state index < -0.39 is 0 Å². The van der Waals surface area contributed by atoms with Crippen molar-refractivity contribution in [1.29, 1.82) is 0 Å². The van der Waals surface area contributed by atoms with Gasteiger partial charge in [0.1, 0.15) is 0 Å². The van der Waals surface area contributed by atoms with Crippen molar-refractivity contribution in [1.82, 2.24) is 0 Å². The molecule has 0 aliphatic rings. The summed E-state index contributed by atoms with van der Waals surface area (Å²) in [5.41, 5.74) is 1.21. The molecule has 1 aromatic rings. The lowest BCUT2D eigenvalue weighted by Crippen LogP contribution is -1.83. The summed E-state index contributed by atoms with van der Waals surface area (Å²) in [5, 5.41) is 1.51. The van der Waals surface area contributed by atoms with Gasteiger partial charge in [-0.15, -0.1) is 0 Å². The number of benzene rings is 1. The maximum absolute atomic E-state index is 5.87. The van der Waals surface area contributed by atoms with Gasteiger partial charge < -0.3 is 0 Å². The summed E-state index contributed by atoms with van der Waals surface area (Å²) in [6, 6.07) is 6.74. The maximum Gasteiger partial charge on any atom is 0.0449 e. The van der Waals surface area contributed by atoms with Crippen LogP contribution in [0.15, 0.2) is 18.2 Å². The zero-order valence-electron chi connectivity index (χ0n) is 5.70. The normalized spacial score (nSPS) is 10.2. The largest absolute Gasteiger partial charge is 0.0843 e. The highest BCUT2D eigenvalue weighted by Crippen LogP contribution is 2.20. The van der Waals surface area contributed by atoms with Gasteiger partial charge in [-0.25, -0.2) is 0 Å². The molecule has 0 saturated heterocycles. The van der Waals surface area contributed by atoms with Crippen LogP contribution in [0.2, 0.25) is 10.0 Å². The topological polar surface area (TPSA) is 0 Å². The molecule has 0 radical (unpaired) electrons. The van der Waals surface area contributed by atoms with Gasteiger partial charge >= 0.3 is 0 Å². The van der Waals surface area contributed by atoms with Crippen molar-refractivity contribution in [3.05, 3.63) is 33.8 Å². The molecule has 0 aliphatic heterocycles. The second-order valence-corrected chi connectivity index (χ2v) is 3.64. The van der Waals surface area contributed by atoms with Crippen LogP contribution in [-0.4, -0.2) is 10.2 Å². The molecule has 0 atom stereocenters. The Labute approximate surface area is 73.6 Å². The molecule has 0 bridgehead atoms. The molecule has 0 aliphatic carbocycles. The minimum Gasteiger partial charge on any atom is -0.0843 e. The van der Waals surface area contributed by atoms with Crippen LogP contribution in [0.1, 0.15) is 5.56 Å². The Morgan fingerprint density at radius 2 is 2.00 bits per heavy atom. The van der Waals surface area contributed by atoms with Gasteiger partial charge in [0.15, 0.2) is 0 Å². The number of rotatable bonds is 1. The van der Waals surface area contributed by atoms with Gasteiger partial charge in [-0.3, -0.25) is 0 Å². The zero-order valence-corrected chi connectivity index (χ0v) is 9.21. The third-order valence-electron chi connectivity index (χ3n) is 1.40. The lowest BCUT2D eigenvalue weighted by atomic mass is 10.2. The van der Waals surface area contributed by atoms with Crippen molar-refractivity contribution in [2.24, 2.45) is 0 Å². The quantitative estimate of drug-likeness (QED) is 0.594. The summed E-state index contributed by atoms with van der Waals surface area (Å²) in [4.78, 5) is 0. The van der Waals surface area contributed by atoms with Crippen molar-refractivity contribution in [2.75, 3.05) is 0 Å². The Morgan fingerprint density at radius 3 is 2.50 bits per heavy atom. The predicted molar refractivity (Wildman–Crippen MR) is 50.1 cm³/mol. The first-order valence-electron chi connectivity index (χ1n) is 3.18. The zero-order chi connectivity index (χ0) is 7.56. The van der Waals surface area contributed by atoms with E-state index in [1.807, 2.05) is 12.1 Å². The van der Waals surface area contributed by atoms with Gasteiger partial charge in [0.05, 0.1) is 0 Å². The van der Waals surface area contributed by atoms with Gasteiger partial charge in [-0.05, 0) is 23.7 Å². The Balaban J connectivity index is 3.07. The molecule has 54 valence electrons. The molecule has 1 aromatic carbocycles. The fourth-order valence-corrected chi connectivity index (χ4v) is 2.19. The van der Waals surface area contributed by atoms with Crippen LogP contribution in [0.3, 0.4) is 0 Å². The van der Waals surface area contributed by atoms with Crippen LogP contribution in [0.4, 0.5) is 0 Å². The summed E-state index contributed by atoms with van der Waals surface area (Å²) >= 11 is 11.6. The van der Waals surface area contributed by atoms with E-state index >= 15 is 0 Å². The van der Waals surface area contributed by atoms with Crippen molar-refractivity contribution < 1.29 is 0 Å². The highest BCUT2D eigenvalue weighted by Gasteiger charge is 1.96. The standard InChI is InChI=1S/C7H8Cl2Si/c8-6-2-1-5(4-10)7(9)3-6/h1-3H,4H2,10H3. The molecule has 0 nitrogen and oxygen atoms in total. The van der Waals surface area contributed by atoms with E-state index in [1.165, 1.54) is 5.56 Å². The molecule has 0 aromatic heterocycles. The lowest BCUT2D eigenvalue weighted by molar-refractivity contribution is 1.40. The van der Waals surface area contributed by atoms with Crippen LogP contribution in [-0.2, 0) is 6.04 Å². The van der Waals surface area contributed by atoms with Crippen molar-refractivity contribution >= 4 is 33.4 Å². The smallest absolute Gasteiger partial charge is 0.0449 e. The minimum absolute atomic E-state index is 0.712. The Morgan fingerprint density at radius 1 is 1.30 bits per heavy atom. The molecule has 0 heterocycles. The molecule has 3 heteroatoms. The summed E-state index contributed by atoms with van der Waals surface area (Å²) in [5.74, 6) is 0. The highest BCUT2D eigenvalue weighted by molar-refractivity contribution is 6.35. The van der Waals surface area contributed by atoms with Crippen LogP contribution in [0, 0.1) is 0 Å². The Bertz CT molecular complexity index is 235. The number of hydrogen-bond donors (Lipinski definition) is 0. The van der Waals surface area contributed by atoms with Crippen LogP contribution in [0.25, 0.3) is 0 Å². The van der Waals surface area contributed by atoms with Crippen molar-refractivity contribution in [2.45, 2.75) is 6.04 Å². The second kappa shape index (κ2) is 3.42. The first-order chi connectivity index (χ1) is 4.74. The average molecular weight is 191 g/mol. The fraction of sp³-hybridized carbons (Fsp3) is 0.143. The van der Waals surface area contributed by atoms with Crippen molar-refractivity contribution in [3.8, 4) is 0 Å². The third kappa shape index (κ3) is 1.75. The molecule has 0 amide bonds. The first-order valence-corrected chi connectivity index (χ1v) is 5.35. The monoisotopic (exact) mass is 190 g/mol. The lowest BCUT2D eigenvalue weighted by Gasteiger charge is -1.98. The molecule has 0 fully saturated rings. The SMILES string of the molecule is [SiH3]Cc1ccc(Cl)cc1Cl. The molecule has 0 saturated carbocycles. The van der Waals surface area contributed by atoms with E-state index in [1.54, 1.807) is 6.07 Å². The molecule has 0 N–H and O–H groups in total. The van der Waals surface area contributed by atoms with Gasteiger partial charge in [0.2, 0.25) is 0 Å². The third-order valence-corrected chi connectivity index (χ3v) is 2.74. The van der Waals surface area contributed by atoms with Gasteiger partial charge in [-0.1, -0.05) is 29.3 Å². The van der Waals surface area contributed by atoms with Crippen LogP contribution in [0.5, 0.6) is 0 Å². The summed E-state index contributed by atoms with van der Waals surface area (Å²) in [6.07, 6.45) is 0. The fourth-order valence-electron chi connectivity index (χ4n) is 0.808. The maximum atomic E-state index is 5.87. The molecular formula is C7H8Cl2Si. The van der Waals surface area contributed by atoms with Crippen LogP contribution < -0.4 is 0 Å². The van der Waals surface area contributed by atoms with E-state index in [2.05, 4.69) is 0 Å².